The van der Waals surface area contributed by atoms with Crippen LogP contribution in [0.3, 0.4) is 0 Å². The molecule has 10 heavy (non-hydrogen) atoms. The maximum atomic E-state index is 8.71. The Morgan fingerprint density at radius 2 is 2.50 bits per heavy atom. The highest BCUT2D eigenvalue weighted by molar-refractivity contribution is 5.41. The summed E-state index contributed by atoms with van der Waals surface area (Å²) in [6, 6.07) is 3.49. The lowest BCUT2D eigenvalue weighted by Gasteiger charge is -2.02. The van der Waals surface area contributed by atoms with Crippen LogP contribution in [-0.4, -0.2) is 10.1 Å². The van der Waals surface area contributed by atoms with Crippen molar-refractivity contribution in [3.05, 3.63) is 23.9 Å². The Kier molecular flexibility index (Phi) is 2.20. The molecule has 1 aromatic heterocycles. The molecule has 0 aliphatic heterocycles. The Morgan fingerprint density at radius 3 is 3.00 bits per heavy atom. The molecule has 1 heterocycles. The number of aliphatic hydroxyl groups excluding tert-OH is 1. The topological polar surface area (TPSA) is 71.2 Å². The number of hydrogen-bond donors (Lipinski definition) is 3. The average molecular weight is 139 g/mol. The predicted molar refractivity (Wildman–Crippen MR) is 38.0 cm³/mol. The van der Waals surface area contributed by atoms with E-state index in [9.17, 15) is 0 Å². The molecule has 0 unspecified atom stereocenters. The fourth-order valence-corrected chi connectivity index (χ4v) is 0.696. The number of aliphatic hydroxyl groups is 1. The first-order chi connectivity index (χ1) is 4.88. The molecular formula is C6H9N3O. The van der Waals surface area contributed by atoms with E-state index in [1.807, 2.05) is 0 Å². The second kappa shape index (κ2) is 3.14. The summed E-state index contributed by atoms with van der Waals surface area (Å²) in [6.45, 7) is -0.0482. The van der Waals surface area contributed by atoms with Gasteiger partial charge in [-0.25, -0.2) is 10.8 Å². The quantitative estimate of drug-likeness (QED) is 0.394. The fraction of sp³-hybridized carbons (Fsp3) is 0.167. The maximum Gasteiger partial charge on any atom is 0.145 e. The molecule has 0 saturated heterocycles. The van der Waals surface area contributed by atoms with Crippen molar-refractivity contribution in [3.63, 3.8) is 0 Å². The molecule has 54 valence electrons. The van der Waals surface area contributed by atoms with Crippen molar-refractivity contribution >= 4 is 5.82 Å². The molecule has 4 nitrogen and oxygen atoms in total. The second-order valence-electron chi connectivity index (χ2n) is 1.81. The molecule has 4 heteroatoms. The van der Waals surface area contributed by atoms with Crippen LogP contribution < -0.4 is 11.3 Å². The van der Waals surface area contributed by atoms with Gasteiger partial charge in [0.05, 0.1) is 6.61 Å². The third-order valence-electron chi connectivity index (χ3n) is 1.20. The zero-order valence-electron chi connectivity index (χ0n) is 5.41. The van der Waals surface area contributed by atoms with Crippen molar-refractivity contribution < 1.29 is 5.11 Å². The van der Waals surface area contributed by atoms with Gasteiger partial charge in [0.25, 0.3) is 0 Å². The minimum Gasteiger partial charge on any atom is -0.392 e. The molecule has 1 aromatic rings. The first-order valence-electron chi connectivity index (χ1n) is 2.90. The lowest BCUT2D eigenvalue weighted by molar-refractivity contribution is 0.282. The number of hydrogen-bond acceptors (Lipinski definition) is 4. The number of nitrogens with two attached hydrogens (primary N) is 1. The van der Waals surface area contributed by atoms with E-state index in [0.29, 0.717) is 11.4 Å². The summed E-state index contributed by atoms with van der Waals surface area (Å²) in [4.78, 5) is 3.87. The van der Waals surface area contributed by atoms with E-state index in [-0.39, 0.29) is 6.61 Å². The van der Waals surface area contributed by atoms with Crippen LogP contribution >= 0.6 is 0 Å². The van der Waals surface area contributed by atoms with Crippen LogP contribution in [-0.2, 0) is 6.61 Å². The van der Waals surface area contributed by atoms with Gasteiger partial charge in [-0.05, 0) is 6.07 Å². The van der Waals surface area contributed by atoms with E-state index >= 15 is 0 Å². The van der Waals surface area contributed by atoms with Crippen LogP contribution in [0.4, 0.5) is 5.82 Å². The van der Waals surface area contributed by atoms with E-state index < -0.39 is 0 Å². The lowest BCUT2D eigenvalue weighted by atomic mass is 10.3. The fourth-order valence-electron chi connectivity index (χ4n) is 0.696. The first kappa shape index (κ1) is 6.98. The average Bonchev–Trinajstić information content (AvgIpc) is 2.04. The molecule has 0 aromatic carbocycles. The number of pyridine rings is 1. The summed E-state index contributed by atoms with van der Waals surface area (Å²) < 4.78 is 0. The summed E-state index contributed by atoms with van der Waals surface area (Å²) in [6.07, 6.45) is 1.61. The minimum absolute atomic E-state index is 0.0482. The Balaban J connectivity index is 2.96. The molecular weight excluding hydrogens is 130 g/mol. The number of nitrogens with one attached hydrogen (secondary N) is 1. The summed E-state index contributed by atoms with van der Waals surface area (Å²) >= 11 is 0. The summed E-state index contributed by atoms with van der Waals surface area (Å²) in [5.74, 6) is 5.62. The third-order valence-corrected chi connectivity index (χ3v) is 1.20. The van der Waals surface area contributed by atoms with Gasteiger partial charge >= 0.3 is 0 Å². The third kappa shape index (κ3) is 1.23. The monoisotopic (exact) mass is 139 g/mol. The van der Waals surface area contributed by atoms with Crippen LogP contribution in [0.25, 0.3) is 0 Å². The summed E-state index contributed by atoms with van der Waals surface area (Å²) in [5.41, 5.74) is 3.07. The van der Waals surface area contributed by atoms with E-state index in [1.54, 1.807) is 18.3 Å². The predicted octanol–water partition coefficient (Wildman–Crippen LogP) is -0.141. The van der Waals surface area contributed by atoms with E-state index in [4.69, 9.17) is 10.9 Å². The molecule has 0 fully saturated rings. The number of nitrogen functional groups attached to an aromatic ring is 1. The molecule has 0 aliphatic rings. The smallest absolute Gasteiger partial charge is 0.145 e. The standard InChI is InChI=1S/C6H9N3O/c7-9-6-5(4-10)2-1-3-8-6/h1-3,10H,4,7H2,(H,8,9). The van der Waals surface area contributed by atoms with Gasteiger partial charge in [0, 0.05) is 11.8 Å². The molecule has 4 N–H and O–H groups in total. The van der Waals surface area contributed by atoms with Gasteiger partial charge in [-0.1, -0.05) is 6.07 Å². The van der Waals surface area contributed by atoms with Crippen LogP contribution in [0.15, 0.2) is 18.3 Å². The number of anilines is 1. The van der Waals surface area contributed by atoms with Gasteiger partial charge in [-0.15, -0.1) is 0 Å². The van der Waals surface area contributed by atoms with Gasteiger partial charge in [0.2, 0.25) is 0 Å². The van der Waals surface area contributed by atoms with Crippen LogP contribution in [0.2, 0.25) is 0 Å². The highest BCUT2D eigenvalue weighted by Crippen LogP contribution is 2.08. The van der Waals surface area contributed by atoms with Crippen molar-refractivity contribution in [3.8, 4) is 0 Å². The van der Waals surface area contributed by atoms with Gasteiger partial charge in [-0.2, -0.15) is 0 Å². The van der Waals surface area contributed by atoms with E-state index in [1.165, 1.54) is 0 Å². The number of hydrazine groups is 1. The van der Waals surface area contributed by atoms with Crippen LogP contribution in [0.1, 0.15) is 5.56 Å². The Labute approximate surface area is 58.7 Å². The van der Waals surface area contributed by atoms with Gasteiger partial charge in [-0.3, -0.25) is 0 Å². The van der Waals surface area contributed by atoms with E-state index in [0.717, 1.165) is 0 Å². The lowest BCUT2D eigenvalue weighted by Crippen LogP contribution is -2.10. The molecule has 0 saturated carbocycles. The van der Waals surface area contributed by atoms with Crippen molar-refractivity contribution in [1.29, 1.82) is 0 Å². The Hall–Kier alpha value is -1.13. The van der Waals surface area contributed by atoms with Crippen LogP contribution in [0, 0.1) is 0 Å². The second-order valence-corrected chi connectivity index (χ2v) is 1.81. The summed E-state index contributed by atoms with van der Waals surface area (Å²) in [5, 5.41) is 8.71. The molecule has 1 rings (SSSR count). The van der Waals surface area contributed by atoms with E-state index in [2.05, 4.69) is 10.4 Å². The van der Waals surface area contributed by atoms with Crippen molar-refractivity contribution in [2.75, 3.05) is 5.43 Å². The molecule has 0 spiro atoms. The maximum absolute atomic E-state index is 8.71. The molecule has 0 radical (unpaired) electrons. The number of aromatic nitrogens is 1. The highest BCUT2D eigenvalue weighted by Gasteiger charge is 1.96. The number of nitrogens with zero attached hydrogens (tertiary/aromatic N) is 1. The van der Waals surface area contributed by atoms with Crippen molar-refractivity contribution in [1.82, 2.24) is 4.98 Å². The van der Waals surface area contributed by atoms with Gasteiger partial charge < -0.3 is 10.5 Å². The van der Waals surface area contributed by atoms with Crippen LogP contribution in [0.5, 0.6) is 0 Å². The first-order valence-corrected chi connectivity index (χ1v) is 2.90. The molecule has 0 bridgehead atoms. The summed E-state index contributed by atoms with van der Waals surface area (Å²) in [7, 11) is 0. The molecule has 0 atom stereocenters. The van der Waals surface area contributed by atoms with Gasteiger partial charge in [0.15, 0.2) is 0 Å². The largest absolute Gasteiger partial charge is 0.392 e. The highest BCUT2D eigenvalue weighted by atomic mass is 16.3. The Morgan fingerprint density at radius 1 is 1.70 bits per heavy atom. The zero-order valence-corrected chi connectivity index (χ0v) is 5.41. The minimum atomic E-state index is -0.0482. The van der Waals surface area contributed by atoms with Crippen molar-refractivity contribution in [2.24, 2.45) is 5.84 Å². The normalized spacial score (nSPS) is 9.40. The van der Waals surface area contributed by atoms with Crippen molar-refractivity contribution in [2.45, 2.75) is 6.61 Å². The Bertz CT molecular complexity index is 191. The SMILES string of the molecule is NNc1ncccc1CO. The van der Waals surface area contributed by atoms with Gasteiger partial charge in [0.1, 0.15) is 5.82 Å². The zero-order chi connectivity index (χ0) is 7.40. The molecule has 0 aliphatic carbocycles. The molecule has 0 amide bonds. The number of rotatable bonds is 2.